The van der Waals surface area contributed by atoms with Crippen LogP contribution in [0, 0.1) is 0 Å². The van der Waals surface area contributed by atoms with E-state index in [1.54, 1.807) is 14.0 Å². The highest BCUT2D eigenvalue weighted by atomic mass is 16.6. The number of ether oxygens (including phenoxy) is 3. The lowest BCUT2D eigenvalue weighted by atomic mass is 9.95. The van der Waals surface area contributed by atoms with Crippen molar-refractivity contribution in [3.05, 3.63) is 0 Å². The van der Waals surface area contributed by atoms with Crippen LogP contribution in [0.3, 0.4) is 0 Å². The Bertz CT molecular complexity index is 217. The Morgan fingerprint density at radius 3 is 2.69 bits per heavy atom. The number of carbonyl (C=O) groups excluding carboxylic acids is 1. The maximum atomic E-state index is 11.6. The van der Waals surface area contributed by atoms with Gasteiger partial charge in [0.25, 0.3) is 0 Å². The quantitative estimate of drug-likeness (QED) is 0.677. The number of carbonyl (C=O) groups is 1. The first-order valence-corrected chi connectivity index (χ1v) is 6.02. The average Bonchev–Trinajstić information content (AvgIpc) is 2.29. The minimum atomic E-state index is -0.465. The summed E-state index contributed by atoms with van der Waals surface area (Å²) in [6.45, 7) is 4.12. The Kier molecular flexibility index (Phi) is 5.77. The summed E-state index contributed by atoms with van der Waals surface area (Å²) in [4.78, 5) is 11.6. The van der Waals surface area contributed by atoms with Gasteiger partial charge in [0.1, 0.15) is 6.10 Å². The third kappa shape index (κ3) is 4.10. The summed E-state index contributed by atoms with van der Waals surface area (Å²) in [5, 5.41) is 0. The van der Waals surface area contributed by atoms with Crippen LogP contribution >= 0.6 is 0 Å². The molecule has 4 heteroatoms. The highest BCUT2D eigenvalue weighted by Crippen LogP contribution is 2.23. The predicted octanol–water partition coefficient (Wildman–Crippen LogP) is 1.91. The van der Waals surface area contributed by atoms with E-state index in [9.17, 15) is 4.79 Å². The lowest BCUT2D eigenvalue weighted by Crippen LogP contribution is -2.33. The number of methoxy groups -OCH3 is 1. The van der Waals surface area contributed by atoms with Crippen LogP contribution in [0.1, 0.15) is 39.5 Å². The normalized spacial score (nSPS) is 27.4. The molecule has 94 valence electrons. The SMILES string of the molecule is CCO[C@H](C)C(=O)O[C@H]1CCC[C@H](OC)C1. The highest BCUT2D eigenvalue weighted by molar-refractivity contribution is 5.74. The van der Waals surface area contributed by atoms with E-state index in [0.717, 1.165) is 25.7 Å². The zero-order valence-corrected chi connectivity index (χ0v) is 10.4. The molecular formula is C12H22O4. The van der Waals surface area contributed by atoms with Crippen LogP contribution in [0.4, 0.5) is 0 Å². The van der Waals surface area contributed by atoms with Crippen LogP contribution in [0.25, 0.3) is 0 Å². The smallest absolute Gasteiger partial charge is 0.335 e. The van der Waals surface area contributed by atoms with Gasteiger partial charge in [-0.15, -0.1) is 0 Å². The first-order valence-electron chi connectivity index (χ1n) is 6.02. The third-order valence-electron chi connectivity index (χ3n) is 2.94. The fraction of sp³-hybridized carbons (Fsp3) is 0.917. The molecule has 0 unspecified atom stereocenters. The lowest BCUT2D eigenvalue weighted by molar-refractivity contribution is -0.164. The molecule has 3 atom stereocenters. The third-order valence-corrected chi connectivity index (χ3v) is 2.94. The molecule has 0 spiro atoms. The Morgan fingerprint density at radius 2 is 2.06 bits per heavy atom. The van der Waals surface area contributed by atoms with Gasteiger partial charge in [-0.05, 0) is 33.1 Å². The molecule has 0 amide bonds. The van der Waals surface area contributed by atoms with Crippen LogP contribution < -0.4 is 0 Å². The van der Waals surface area contributed by atoms with Crippen LogP contribution in [0.2, 0.25) is 0 Å². The molecule has 0 aromatic rings. The van der Waals surface area contributed by atoms with Crippen molar-refractivity contribution in [2.45, 2.75) is 57.8 Å². The Hall–Kier alpha value is -0.610. The summed E-state index contributed by atoms with van der Waals surface area (Å²) in [5.74, 6) is -0.261. The van der Waals surface area contributed by atoms with Crippen molar-refractivity contribution in [1.29, 1.82) is 0 Å². The molecule has 0 aliphatic heterocycles. The van der Waals surface area contributed by atoms with E-state index in [2.05, 4.69) is 0 Å². The Labute approximate surface area is 97.2 Å². The molecule has 1 aliphatic rings. The highest BCUT2D eigenvalue weighted by Gasteiger charge is 2.26. The first-order chi connectivity index (χ1) is 7.67. The van der Waals surface area contributed by atoms with Crippen LogP contribution in [-0.4, -0.2) is 38.0 Å². The molecule has 1 aliphatic carbocycles. The second-order valence-corrected chi connectivity index (χ2v) is 4.18. The summed E-state index contributed by atoms with van der Waals surface area (Å²) >= 11 is 0. The summed E-state index contributed by atoms with van der Waals surface area (Å²) in [7, 11) is 1.71. The summed E-state index contributed by atoms with van der Waals surface area (Å²) in [5.41, 5.74) is 0. The molecule has 0 aromatic carbocycles. The van der Waals surface area contributed by atoms with E-state index in [-0.39, 0.29) is 18.2 Å². The number of esters is 1. The van der Waals surface area contributed by atoms with E-state index in [0.29, 0.717) is 6.61 Å². The Morgan fingerprint density at radius 1 is 1.38 bits per heavy atom. The largest absolute Gasteiger partial charge is 0.460 e. The number of rotatable bonds is 5. The molecule has 0 saturated heterocycles. The maximum Gasteiger partial charge on any atom is 0.335 e. The second kappa shape index (κ2) is 6.86. The standard InChI is InChI=1S/C12H22O4/c1-4-15-9(2)12(13)16-11-7-5-6-10(8-11)14-3/h9-11H,4-8H2,1-3H3/t9-,10+,11+/m1/s1. The van der Waals surface area contributed by atoms with Gasteiger partial charge >= 0.3 is 5.97 Å². The number of hydrogen-bond donors (Lipinski definition) is 0. The van der Waals surface area contributed by atoms with Crippen molar-refractivity contribution < 1.29 is 19.0 Å². The lowest BCUT2D eigenvalue weighted by Gasteiger charge is -2.28. The van der Waals surface area contributed by atoms with Gasteiger partial charge in [0.05, 0.1) is 6.10 Å². The topological polar surface area (TPSA) is 44.8 Å². The molecule has 0 heterocycles. The van der Waals surface area contributed by atoms with Gasteiger partial charge in [0.15, 0.2) is 6.10 Å². The van der Waals surface area contributed by atoms with Crippen molar-refractivity contribution in [3.63, 3.8) is 0 Å². The van der Waals surface area contributed by atoms with Gasteiger partial charge in [-0.3, -0.25) is 0 Å². The van der Waals surface area contributed by atoms with Crippen molar-refractivity contribution in [1.82, 2.24) is 0 Å². The maximum absolute atomic E-state index is 11.6. The van der Waals surface area contributed by atoms with Gasteiger partial charge in [0, 0.05) is 20.1 Å². The van der Waals surface area contributed by atoms with E-state index >= 15 is 0 Å². The van der Waals surface area contributed by atoms with E-state index in [1.807, 2.05) is 6.92 Å². The molecule has 1 fully saturated rings. The monoisotopic (exact) mass is 230 g/mol. The number of hydrogen-bond acceptors (Lipinski definition) is 4. The fourth-order valence-electron chi connectivity index (χ4n) is 2.00. The Balaban J connectivity index is 2.32. The molecule has 1 rings (SSSR count). The van der Waals surface area contributed by atoms with Crippen molar-refractivity contribution >= 4 is 5.97 Å². The fourth-order valence-corrected chi connectivity index (χ4v) is 2.00. The van der Waals surface area contributed by atoms with Crippen LogP contribution in [0.15, 0.2) is 0 Å². The average molecular weight is 230 g/mol. The van der Waals surface area contributed by atoms with Gasteiger partial charge in [-0.2, -0.15) is 0 Å². The minimum Gasteiger partial charge on any atom is -0.460 e. The van der Waals surface area contributed by atoms with Crippen molar-refractivity contribution in [2.75, 3.05) is 13.7 Å². The molecule has 0 aromatic heterocycles. The van der Waals surface area contributed by atoms with Gasteiger partial charge < -0.3 is 14.2 Å². The van der Waals surface area contributed by atoms with E-state index in [4.69, 9.17) is 14.2 Å². The molecule has 0 radical (unpaired) electrons. The molecule has 0 bridgehead atoms. The molecule has 0 N–H and O–H groups in total. The second-order valence-electron chi connectivity index (χ2n) is 4.18. The molecule has 16 heavy (non-hydrogen) atoms. The summed E-state index contributed by atoms with van der Waals surface area (Å²) in [6.07, 6.45) is 3.62. The van der Waals surface area contributed by atoms with E-state index in [1.165, 1.54) is 0 Å². The van der Waals surface area contributed by atoms with Crippen LogP contribution in [0.5, 0.6) is 0 Å². The van der Waals surface area contributed by atoms with Gasteiger partial charge in [-0.25, -0.2) is 4.79 Å². The summed E-state index contributed by atoms with van der Waals surface area (Å²) in [6, 6.07) is 0. The molecular weight excluding hydrogens is 208 g/mol. The summed E-state index contributed by atoms with van der Waals surface area (Å²) < 4.78 is 15.9. The first kappa shape index (κ1) is 13.5. The minimum absolute atomic E-state index is 0.00546. The van der Waals surface area contributed by atoms with E-state index < -0.39 is 6.10 Å². The van der Waals surface area contributed by atoms with Crippen LogP contribution in [-0.2, 0) is 19.0 Å². The zero-order valence-electron chi connectivity index (χ0n) is 10.4. The molecule has 1 saturated carbocycles. The molecule has 4 nitrogen and oxygen atoms in total. The van der Waals surface area contributed by atoms with Gasteiger partial charge in [-0.1, -0.05) is 0 Å². The van der Waals surface area contributed by atoms with Gasteiger partial charge in [0.2, 0.25) is 0 Å². The van der Waals surface area contributed by atoms with Crippen molar-refractivity contribution in [2.24, 2.45) is 0 Å². The predicted molar refractivity (Wildman–Crippen MR) is 60.2 cm³/mol. The zero-order chi connectivity index (χ0) is 12.0. The van der Waals surface area contributed by atoms with Crippen molar-refractivity contribution in [3.8, 4) is 0 Å².